The number of hydrogen-bond donors (Lipinski definition) is 2. The molecule has 0 amide bonds. The Balaban J connectivity index is 2.73. The number of alkyl halides is 1. The van der Waals surface area contributed by atoms with E-state index in [1.165, 1.54) is 0 Å². The van der Waals surface area contributed by atoms with E-state index in [2.05, 4.69) is 0 Å². The smallest absolute Gasteiger partial charge is 0.204 e. The fraction of sp³-hybridized carbons (Fsp3) is 0.0909. The van der Waals surface area contributed by atoms with Crippen LogP contribution < -0.4 is 0 Å². The lowest BCUT2D eigenvalue weighted by Crippen LogP contribution is -2.00. The predicted molar refractivity (Wildman–Crippen MR) is 53.8 cm³/mol. The summed E-state index contributed by atoms with van der Waals surface area (Å²) in [7, 11) is 0. The Labute approximate surface area is 94.4 Å². The first-order chi connectivity index (χ1) is 8.06. The average Bonchev–Trinajstić information content (AvgIpc) is 2.56. The van der Waals surface area contributed by atoms with Crippen LogP contribution in [0, 0.1) is 11.6 Å². The summed E-state index contributed by atoms with van der Waals surface area (Å²) >= 11 is 0. The number of hydrogen-bond acceptors (Lipinski definition) is 2. The van der Waals surface area contributed by atoms with Crippen LogP contribution in [0.15, 0.2) is 24.3 Å². The molecule has 1 aromatic carbocycles. The number of aromatic hydroxyl groups is 2. The highest BCUT2D eigenvalue weighted by Crippen LogP contribution is 2.34. The van der Waals surface area contributed by atoms with Gasteiger partial charge in [-0.2, -0.15) is 0 Å². The first kappa shape index (κ1) is 11.4. The van der Waals surface area contributed by atoms with E-state index < -0.39 is 35.8 Å². The molecule has 0 unspecified atom stereocenters. The van der Waals surface area contributed by atoms with Crippen molar-refractivity contribution in [2.45, 2.75) is 6.67 Å². The molecular weight excluding hydrogens is 235 g/mol. The third-order valence-corrected chi connectivity index (χ3v) is 2.34. The largest absolute Gasteiger partial charge is 0.494 e. The van der Waals surface area contributed by atoms with Crippen molar-refractivity contribution < 1.29 is 23.4 Å². The third kappa shape index (κ3) is 1.71. The van der Waals surface area contributed by atoms with Crippen LogP contribution >= 0.6 is 0 Å². The highest BCUT2D eigenvalue weighted by Gasteiger charge is 2.20. The molecule has 0 radical (unpaired) electrons. The van der Waals surface area contributed by atoms with Gasteiger partial charge in [0, 0.05) is 11.6 Å². The first-order valence-corrected chi connectivity index (χ1v) is 4.69. The van der Waals surface area contributed by atoms with E-state index in [-0.39, 0.29) is 5.56 Å². The van der Waals surface area contributed by atoms with Crippen molar-refractivity contribution >= 4 is 0 Å². The average molecular weight is 243 g/mol. The predicted octanol–water partition coefficient (Wildman–Crippen LogP) is 2.64. The molecule has 17 heavy (non-hydrogen) atoms. The summed E-state index contributed by atoms with van der Waals surface area (Å²) in [5.41, 5.74) is -0.896. The van der Waals surface area contributed by atoms with Gasteiger partial charge in [-0.15, -0.1) is 0 Å². The molecule has 3 nitrogen and oxygen atoms in total. The molecule has 0 aliphatic carbocycles. The Kier molecular flexibility index (Phi) is 2.71. The minimum Gasteiger partial charge on any atom is -0.494 e. The Bertz CT molecular complexity index is 546. The molecule has 1 heterocycles. The fourth-order valence-corrected chi connectivity index (χ4v) is 1.56. The van der Waals surface area contributed by atoms with Gasteiger partial charge < -0.3 is 10.2 Å². The number of benzene rings is 1. The van der Waals surface area contributed by atoms with Crippen molar-refractivity contribution in [1.82, 2.24) is 4.57 Å². The van der Waals surface area contributed by atoms with E-state index in [1.54, 1.807) is 0 Å². The van der Waals surface area contributed by atoms with Gasteiger partial charge in [0.05, 0.1) is 0 Å². The number of rotatable bonds is 2. The zero-order chi connectivity index (χ0) is 12.6. The first-order valence-electron chi connectivity index (χ1n) is 4.69. The van der Waals surface area contributed by atoms with Gasteiger partial charge in [-0.3, -0.25) is 0 Å². The molecule has 2 aromatic rings. The number of nitrogens with zero attached hydrogens (tertiary/aromatic N) is 1. The van der Waals surface area contributed by atoms with Gasteiger partial charge in [0.1, 0.15) is 24.0 Å². The van der Waals surface area contributed by atoms with Crippen molar-refractivity contribution in [3.63, 3.8) is 0 Å². The van der Waals surface area contributed by atoms with Crippen molar-refractivity contribution in [2.24, 2.45) is 0 Å². The van der Waals surface area contributed by atoms with Crippen molar-refractivity contribution in [2.75, 3.05) is 0 Å². The van der Waals surface area contributed by atoms with Crippen molar-refractivity contribution in [1.29, 1.82) is 0 Å². The topological polar surface area (TPSA) is 45.4 Å². The zero-order valence-corrected chi connectivity index (χ0v) is 8.49. The van der Waals surface area contributed by atoms with Crippen LogP contribution in [0.4, 0.5) is 13.2 Å². The van der Waals surface area contributed by atoms with Gasteiger partial charge in [-0.05, 0) is 12.1 Å². The molecule has 0 saturated heterocycles. The van der Waals surface area contributed by atoms with E-state index in [0.29, 0.717) is 4.57 Å². The molecule has 2 N–H and O–H groups in total. The van der Waals surface area contributed by atoms with Crippen LogP contribution in [0.3, 0.4) is 0 Å². The SMILES string of the molecule is Oc1cc(CF)c(O)n1-c1c(F)cccc1F. The van der Waals surface area contributed by atoms with Crippen LogP contribution in [-0.4, -0.2) is 14.8 Å². The highest BCUT2D eigenvalue weighted by molar-refractivity contribution is 5.47. The van der Waals surface area contributed by atoms with Crippen LogP contribution in [0.25, 0.3) is 5.69 Å². The fourth-order valence-electron chi connectivity index (χ4n) is 1.56. The van der Waals surface area contributed by atoms with Crippen LogP contribution in [0.1, 0.15) is 5.56 Å². The quantitative estimate of drug-likeness (QED) is 0.851. The second kappa shape index (κ2) is 4.04. The van der Waals surface area contributed by atoms with Crippen LogP contribution in [0.5, 0.6) is 11.8 Å². The molecule has 0 bridgehead atoms. The van der Waals surface area contributed by atoms with Crippen LogP contribution in [0.2, 0.25) is 0 Å². The van der Waals surface area contributed by atoms with Crippen LogP contribution in [-0.2, 0) is 6.67 Å². The summed E-state index contributed by atoms with van der Waals surface area (Å²) in [5.74, 6) is -3.32. The lowest BCUT2D eigenvalue weighted by Gasteiger charge is -2.09. The molecular formula is C11H8F3NO2. The normalized spacial score (nSPS) is 10.8. The van der Waals surface area contributed by atoms with E-state index in [1.807, 2.05) is 0 Å². The molecule has 0 atom stereocenters. The molecule has 1 aromatic heterocycles. The summed E-state index contributed by atoms with van der Waals surface area (Å²) in [6.07, 6.45) is 0. The maximum Gasteiger partial charge on any atom is 0.204 e. The molecule has 90 valence electrons. The summed E-state index contributed by atoms with van der Waals surface area (Å²) < 4.78 is 39.8. The van der Waals surface area contributed by atoms with Gasteiger partial charge in [0.15, 0.2) is 5.88 Å². The molecule has 0 fully saturated rings. The summed E-state index contributed by atoms with van der Waals surface area (Å²) in [6.45, 7) is -1.05. The van der Waals surface area contributed by atoms with E-state index >= 15 is 0 Å². The maximum atomic E-state index is 13.4. The van der Waals surface area contributed by atoms with Gasteiger partial charge >= 0.3 is 0 Å². The van der Waals surface area contributed by atoms with E-state index in [4.69, 9.17) is 0 Å². The summed E-state index contributed by atoms with van der Waals surface area (Å²) in [5, 5.41) is 19.0. The molecule has 2 rings (SSSR count). The number of para-hydroxylation sites is 1. The molecule has 0 saturated carbocycles. The lowest BCUT2D eigenvalue weighted by atomic mass is 10.3. The lowest BCUT2D eigenvalue weighted by molar-refractivity contribution is 0.386. The van der Waals surface area contributed by atoms with E-state index in [0.717, 1.165) is 24.3 Å². The minimum atomic E-state index is -1.05. The van der Waals surface area contributed by atoms with Gasteiger partial charge in [-0.1, -0.05) is 6.07 Å². The third-order valence-electron chi connectivity index (χ3n) is 2.34. The molecule has 6 heteroatoms. The molecule has 0 aliphatic rings. The minimum absolute atomic E-state index is 0.245. The standard InChI is InChI=1S/C11H8F3NO2/c12-5-6-4-9(16)15(11(6)17)10-7(13)2-1-3-8(10)14/h1-4,16-17H,5H2. The highest BCUT2D eigenvalue weighted by atomic mass is 19.1. The molecule has 0 spiro atoms. The Morgan fingerprint density at radius 1 is 1.12 bits per heavy atom. The monoisotopic (exact) mass is 243 g/mol. The second-order valence-electron chi connectivity index (χ2n) is 3.39. The van der Waals surface area contributed by atoms with Gasteiger partial charge in [0.2, 0.25) is 5.88 Å². The Morgan fingerprint density at radius 2 is 1.71 bits per heavy atom. The Morgan fingerprint density at radius 3 is 2.18 bits per heavy atom. The van der Waals surface area contributed by atoms with Crippen molar-refractivity contribution in [3.05, 3.63) is 41.5 Å². The van der Waals surface area contributed by atoms with Crippen molar-refractivity contribution in [3.8, 4) is 17.4 Å². The second-order valence-corrected chi connectivity index (χ2v) is 3.39. The summed E-state index contributed by atoms with van der Waals surface area (Å²) in [4.78, 5) is 0. The van der Waals surface area contributed by atoms with Gasteiger partial charge in [0.25, 0.3) is 0 Å². The summed E-state index contributed by atoms with van der Waals surface area (Å²) in [6, 6.07) is 3.97. The maximum absolute atomic E-state index is 13.4. The number of halogens is 3. The van der Waals surface area contributed by atoms with E-state index in [9.17, 15) is 23.4 Å². The Hall–Kier alpha value is -2.11. The molecule has 0 aliphatic heterocycles. The zero-order valence-electron chi connectivity index (χ0n) is 8.49. The van der Waals surface area contributed by atoms with Gasteiger partial charge in [-0.25, -0.2) is 17.7 Å². The number of aromatic nitrogens is 1.